The molecule has 2 rings (SSSR count). The standard InChI is InChI=1S/C12H12ClFN4O2S/c1-2-15-12-16-6-9(7-17-12)21(19,20)18-8-3-4-11(14)10(13)5-8/h3-7,18H,2H2,1H3,(H,15,16,17). The van der Waals surface area contributed by atoms with Gasteiger partial charge in [-0.05, 0) is 25.1 Å². The summed E-state index contributed by atoms with van der Waals surface area (Å²) in [4.78, 5) is 7.65. The Morgan fingerprint density at radius 1 is 1.29 bits per heavy atom. The molecule has 2 N–H and O–H groups in total. The Bertz CT molecular complexity index is 737. The van der Waals surface area contributed by atoms with E-state index in [1.165, 1.54) is 24.5 Å². The van der Waals surface area contributed by atoms with Crippen LogP contribution in [0.5, 0.6) is 0 Å². The first-order valence-electron chi connectivity index (χ1n) is 5.96. The molecule has 0 spiro atoms. The van der Waals surface area contributed by atoms with Gasteiger partial charge >= 0.3 is 0 Å². The molecule has 0 aliphatic rings. The van der Waals surface area contributed by atoms with Crippen molar-refractivity contribution in [2.75, 3.05) is 16.6 Å². The zero-order valence-electron chi connectivity index (χ0n) is 11.0. The summed E-state index contributed by atoms with van der Waals surface area (Å²) in [5, 5.41) is 2.68. The van der Waals surface area contributed by atoms with Crippen molar-refractivity contribution in [3.8, 4) is 0 Å². The maximum absolute atomic E-state index is 13.0. The molecule has 6 nitrogen and oxygen atoms in total. The number of halogens is 2. The lowest BCUT2D eigenvalue weighted by atomic mass is 10.3. The quantitative estimate of drug-likeness (QED) is 0.880. The van der Waals surface area contributed by atoms with Crippen molar-refractivity contribution >= 4 is 33.3 Å². The Labute approximate surface area is 126 Å². The summed E-state index contributed by atoms with van der Waals surface area (Å²) >= 11 is 5.60. The van der Waals surface area contributed by atoms with Crippen LogP contribution >= 0.6 is 11.6 Å². The van der Waals surface area contributed by atoms with Crippen LogP contribution in [0.2, 0.25) is 5.02 Å². The highest BCUT2D eigenvalue weighted by atomic mass is 35.5. The van der Waals surface area contributed by atoms with Crippen LogP contribution in [-0.2, 0) is 10.0 Å². The molecule has 1 aromatic carbocycles. The van der Waals surface area contributed by atoms with E-state index in [1.807, 2.05) is 6.92 Å². The lowest BCUT2D eigenvalue weighted by Crippen LogP contribution is -2.14. The predicted octanol–water partition coefficient (Wildman–Crippen LogP) is 2.50. The molecular weight excluding hydrogens is 319 g/mol. The van der Waals surface area contributed by atoms with Gasteiger partial charge in [0.25, 0.3) is 10.0 Å². The lowest BCUT2D eigenvalue weighted by Gasteiger charge is -2.08. The van der Waals surface area contributed by atoms with Crippen molar-refractivity contribution < 1.29 is 12.8 Å². The summed E-state index contributed by atoms with van der Waals surface area (Å²) < 4.78 is 39.5. The third-order valence-electron chi connectivity index (χ3n) is 2.45. The van der Waals surface area contributed by atoms with Gasteiger partial charge in [-0.15, -0.1) is 0 Å². The van der Waals surface area contributed by atoms with Crippen LogP contribution in [0.1, 0.15) is 6.92 Å². The third kappa shape index (κ3) is 3.79. The zero-order chi connectivity index (χ0) is 15.5. The molecule has 1 aromatic heterocycles. The van der Waals surface area contributed by atoms with E-state index in [9.17, 15) is 12.8 Å². The summed E-state index contributed by atoms with van der Waals surface area (Å²) in [6, 6.07) is 3.53. The Balaban J connectivity index is 2.23. The SMILES string of the molecule is CCNc1ncc(S(=O)(=O)Nc2ccc(F)c(Cl)c2)cn1. The first-order valence-corrected chi connectivity index (χ1v) is 7.82. The van der Waals surface area contributed by atoms with Crippen molar-refractivity contribution in [3.05, 3.63) is 41.4 Å². The van der Waals surface area contributed by atoms with Crippen LogP contribution < -0.4 is 10.0 Å². The van der Waals surface area contributed by atoms with Gasteiger partial charge in [0, 0.05) is 6.54 Å². The maximum atomic E-state index is 13.0. The number of sulfonamides is 1. The highest BCUT2D eigenvalue weighted by Crippen LogP contribution is 2.21. The normalized spacial score (nSPS) is 11.2. The summed E-state index contributed by atoms with van der Waals surface area (Å²) in [5.41, 5.74) is 0.150. The van der Waals surface area contributed by atoms with Crippen LogP contribution in [0.15, 0.2) is 35.5 Å². The fourth-order valence-corrected chi connectivity index (χ4v) is 2.60. The second-order valence-corrected chi connectivity index (χ2v) is 6.10. The highest BCUT2D eigenvalue weighted by molar-refractivity contribution is 7.92. The molecule has 9 heteroatoms. The number of aromatic nitrogens is 2. The van der Waals surface area contributed by atoms with E-state index in [4.69, 9.17) is 11.6 Å². The largest absolute Gasteiger partial charge is 0.355 e. The number of hydrogen-bond acceptors (Lipinski definition) is 5. The van der Waals surface area contributed by atoms with Gasteiger partial charge in [0.1, 0.15) is 10.7 Å². The minimum atomic E-state index is -3.86. The molecule has 0 fully saturated rings. The maximum Gasteiger partial charge on any atom is 0.264 e. The molecule has 1 heterocycles. The summed E-state index contributed by atoms with van der Waals surface area (Å²) in [5.74, 6) is -0.292. The molecule has 21 heavy (non-hydrogen) atoms. The van der Waals surface area contributed by atoms with Crippen molar-refractivity contribution in [3.63, 3.8) is 0 Å². The minimum Gasteiger partial charge on any atom is -0.355 e. The van der Waals surface area contributed by atoms with E-state index in [0.717, 1.165) is 6.07 Å². The fraction of sp³-hybridized carbons (Fsp3) is 0.167. The van der Waals surface area contributed by atoms with Crippen molar-refractivity contribution in [1.82, 2.24) is 9.97 Å². The second kappa shape index (κ2) is 6.23. The summed E-state index contributed by atoms with van der Waals surface area (Å²) in [7, 11) is -3.86. The monoisotopic (exact) mass is 330 g/mol. The van der Waals surface area contributed by atoms with Crippen LogP contribution in [0, 0.1) is 5.82 Å². The van der Waals surface area contributed by atoms with E-state index < -0.39 is 15.8 Å². The average molecular weight is 331 g/mol. The fourth-order valence-electron chi connectivity index (χ4n) is 1.48. The van der Waals surface area contributed by atoms with Gasteiger partial charge in [-0.25, -0.2) is 22.8 Å². The van der Waals surface area contributed by atoms with Crippen LogP contribution in [0.3, 0.4) is 0 Å². The average Bonchev–Trinajstić information content (AvgIpc) is 2.44. The number of anilines is 2. The lowest BCUT2D eigenvalue weighted by molar-refractivity contribution is 0.600. The van der Waals surface area contributed by atoms with Crippen molar-refractivity contribution in [2.45, 2.75) is 11.8 Å². The smallest absolute Gasteiger partial charge is 0.264 e. The molecule has 0 saturated carbocycles. The predicted molar refractivity (Wildman–Crippen MR) is 78.4 cm³/mol. The molecule has 0 saturated heterocycles. The van der Waals surface area contributed by atoms with Gasteiger partial charge in [0.15, 0.2) is 0 Å². The van der Waals surface area contributed by atoms with E-state index in [0.29, 0.717) is 12.5 Å². The second-order valence-electron chi connectivity index (χ2n) is 4.01. The Morgan fingerprint density at radius 3 is 2.52 bits per heavy atom. The van der Waals surface area contributed by atoms with Gasteiger partial charge < -0.3 is 5.32 Å². The molecule has 0 aliphatic carbocycles. The third-order valence-corrected chi connectivity index (χ3v) is 4.07. The Hall–Kier alpha value is -1.93. The summed E-state index contributed by atoms with van der Waals surface area (Å²) in [6.45, 7) is 2.49. The summed E-state index contributed by atoms with van der Waals surface area (Å²) in [6.07, 6.45) is 2.36. The van der Waals surface area contributed by atoms with Crippen molar-refractivity contribution in [1.29, 1.82) is 0 Å². The number of benzene rings is 1. The van der Waals surface area contributed by atoms with Crippen LogP contribution in [0.25, 0.3) is 0 Å². The van der Waals surface area contributed by atoms with E-state index in [2.05, 4.69) is 20.0 Å². The molecule has 0 aliphatic heterocycles. The molecule has 0 unspecified atom stereocenters. The van der Waals surface area contributed by atoms with Crippen LogP contribution in [-0.4, -0.2) is 24.9 Å². The molecule has 0 bridgehead atoms. The number of rotatable bonds is 5. The van der Waals surface area contributed by atoms with Gasteiger partial charge in [-0.2, -0.15) is 0 Å². The highest BCUT2D eigenvalue weighted by Gasteiger charge is 2.16. The minimum absolute atomic E-state index is 0.107. The van der Waals surface area contributed by atoms with E-state index in [-0.39, 0.29) is 15.6 Å². The van der Waals surface area contributed by atoms with Gasteiger partial charge in [0.2, 0.25) is 5.95 Å². The van der Waals surface area contributed by atoms with Gasteiger partial charge in [-0.1, -0.05) is 11.6 Å². The number of hydrogen-bond donors (Lipinski definition) is 2. The van der Waals surface area contributed by atoms with Crippen LogP contribution in [0.4, 0.5) is 16.0 Å². The molecule has 0 amide bonds. The number of nitrogens with zero attached hydrogens (tertiary/aromatic N) is 2. The molecule has 112 valence electrons. The first kappa shape index (κ1) is 15.5. The molecule has 0 atom stereocenters. The molecule has 2 aromatic rings. The Kier molecular flexibility index (Phi) is 4.59. The van der Waals surface area contributed by atoms with Gasteiger partial charge in [-0.3, -0.25) is 4.72 Å². The van der Waals surface area contributed by atoms with E-state index in [1.54, 1.807) is 0 Å². The van der Waals surface area contributed by atoms with Crippen molar-refractivity contribution in [2.24, 2.45) is 0 Å². The first-order chi connectivity index (χ1) is 9.92. The molecule has 0 radical (unpaired) electrons. The Morgan fingerprint density at radius 2 is 1.95 bits per heavy atom. The number of nitrogens with one attached hydrogen (secondary N) is 2. The topological polar surface area (TPSA) is 84.0 Å². The van der Waals surface area contributed by atoms with E-state index >= 15 is 0 Å². The zero-order valence-corrected chi connectivity index (χ0v) is 12.5. The molecular formula is C12H12ClFN4O2S. The van der Waals surface area contributed by atoms with Gasteiger partial charge in [0.05, 0.1) is 23.1 Å².